The molecule has 0 saturated heterocycles. The SMILES string of the molecule is O=C(Cc1nc(Cc2ccccc2F)no1)C1CCCC1. The number of hydrogen-bond acceptors (Lipinski definition) is 4. The summed E-state index contributed by atoms with van der Waals surface area (Å²) in [6, 6.07) is 6.50. The Labute approximate surface area is 122 Å². The first-order valence-corrected chi connectivity index (χ1v) is 7.30. The van der Waals surface area contributed by atoms with Crippen LogP contribution in [0.2, 0.25) is 0 Å². The zero-order valence-corrected chi connectivity index (χ0v) is 11.7. The van der Waals surface area contributed by atoms with E-state index >= 15 is 0 Å². The van der Waals surface area contributed by atoms with Gasteiger partial charge in [0.1, 0.15) is 11.6 Å². The minimum absolute atomic E-state index is 0.145. The molecule has 0 bridgehead atoms. The molecule has 2 aromatic rings. The molecule has 5 heteroatoms. The summed E-state index contributed by atoms with van der Waals surface area (Å²) in [4.78, 5) is 16.2. The fraction of sp³-hybridized carbons (Fsp3) is 0.438. The minimum atomic E-state index is -0.286. The predicted octanol–water partition coefficient (Wildman–Crippen LogP) is 3.10. The second-order valence-electron chi connectivity index (χ2n) is 5.50. The van der Waals surface area contributed by atoms with Crippen molar-refractivity contribution in [3.63, 3.8) is 0 Å². The molecule has 0 amide bonds. The van der Waals surface area contributed by atoms with Crippen LogP contribution >= 0.6 is 0 Å². The van der Waals surface area contributed by atoms with Gasteiger partial charge in [0.2, 0.25) is 5.89 Å². The lowest BCUT2D eigenvalue weighted by molar-refractivity contribution is -0.122. The molecule has 1 aromatic heterocycles. The van der Waals surface area contributed by atoms with Crippen LogP contribution in [-0.2, 0) is 17.6 Å². The van der Waals surface area contributed by atoms with Crippen molar-refractivity contribution in [3.05, 3.63) is 47.4 Å². The lowest BCUT2D eigenvalue weighted by atomic mass is 10.0. The van der Waals surface area contributed by atoms with Crippen LogP contribution in [0.1, 0.15) is 43.0 Å². The first-order valence-electron chi connectivity index (χ1n) is 7.30. The highest BCUT2D eigenvalue weighted by Gasteiger charge is 2.24. The van der Waals surface area contributed by atoms with Gasteiger partial charge in [0.15, 0.2) is 5.82 Å². The number of ketones is 1. The average Bonchev–Trinajstić information content (AvgIpc) is 3.13. The third-order valence-electron chi connectivity index (χ3n) is 3.95. The standard InChI is InChI=1S/C16H17FN2O2/c17-13-8-4-3-7-12(13)9-15-18-16(21-19-15)10-14(20)11-5-1-2-6-11/h3-4,7-8,11H,1-2,5-6,9-10H2. The van der Waals surface area contributed by atoms with Crippen LogP contribution in [0, 0.1) is 11.7 Å². The van der Waals surface area contributed by atoms with Crippen LogP contribution in [0.5, 0.6) is 0 Å². The third-order valence-corrected chi connectivity index (χ3v) is 3.95. The van der Waals surface area contributed by atoms with Crippen molar-refractivity contribution in [2.45, 2.75) is 38.5 Å². The molecule has 0 atom stereocenters. The summed E-state index contributed by atoms with van der Waals surface area (Å²) < 4.78 is 18.7. The van der Waals surface area contributed by atoms with Crippen molar-refractivity contribution in [1.82, 2.24) is 10.1 Å². The second-order valence-corrected chi connectivity index (χ2v) is 5.50. The highest BCUT2D eigenvalue weighted by molar-refractivity contribution is 5.82. The first kappa shape index (κ1) is 13.9. The number of benzene rings is 1. The molecule has 1 heterocycles. The topological polar surface area (TPSA) is 56.0 Å². The molecule has 0 unspecified atom stereocenters. The molecular weight excluding hydrogens is 271 g/mol. The molecule has 0 radical (unpaired) electrons. The smallest absolute Gasteiger partial charge is 0.234 e. The molecule has 0 spiro atoms. The zero-order valence-electron chi connectivity index (χ0n) is 11.7. The number of hydrogen-bond donors (Lipinski definition) is 0. The molecule has 1 fully saturated rings. The van der Waals surface area contributed by atoms with Crippen LogP contribution in [-0.4, -0.2) is 15.9 Å². The minimum Gasteiger partial charge on any atom is -0.339 e. The largest absolute Gasteiger partial charge is 0.339 e. The van der Waals surface area contributed by atoms with E-state index in [0.717, 1.165) is 25.7 Å². The Morgan fingerprint density at radius 3 is 2.81 bits per heavy atom. The van der Waals surface area contributed by atoms with E-state index in [4.69, 9.17) is 4.52 Å². The number of carbonyl (C=O) groups excluding carboxylic acids is 1. The maximum atomic E-state index is 13.6. The summed E-state index contributed by atoms with van der Waals surface area (Å²) in [7, 11) is 0. The van der Waals surface area contributed by atoms with Crippen molar-refractivity contribution in [2.24, 2.45) is 5.92 Å². The number of nitrogens with zero attached hydrogens (tertiary/aromatic N) is 2. The Morgan fingerprint density at radius 1 is 1.29 bits per heavy atom. The average molecular weight is 288 g/mol. The Morgan fingerprint density at radius 2 is 2.05 bits per heavy atom. The summed E-state index contributed by atoms with van der Waals surface area (Å²) in [5.74, 6) is 0.777. The molecular formula is C16H17FN2O2. The Balaban J connectivity index is 1.63. The molecule has 0 aliphatic heterocycles. The van der Waals surface area contributed by atoms with Gasteiger partial charge in [-0.15, -0.1) is 0 Å². The van der Waals surface area contributed by atoms with E-state index < -0.39 is 0 Å². The monoisotopic (exact) mass is 288 g/mol. The summed E-state index contributed by atoms with van der Waals surface area (Å²) in [6.07, 6.45) is 4.64. The van der Waals surface area contributed by atoms with Crippen LogP contribution < -0.4 is 0 Å². The molecule has 110 valence electrons. The fourth-order valence-electron chi connectivity index (χ4n) is 2.79. The maximum Gasteiger partial charge on any atom is 0.234 e. The molecule has 3 rings (SSSR count). The van der Waals surface area contributed by atoms with Gasteiger partial charge < -0.3 is 4.52 Å². The van der Waals surface area contributed by atoms with Gasteiger partial charge in [0.05, 0.1) is 6.42 Å². The highest BCUT2D eigenvalue weighted by Crippen LogP contribution is 2.26. The van der Waals surface area contributed by atoms with Gasteiger partial charge >= 0.3 is 0 Å². The van der Waals surface area contributed by atoms with E-state index in [9.17, 15) is 9.18 Å². The van der Waals surface area contributed by atoms with Crippen molar-refractivity contribution >= 4 is 5.78 Å². The summed E-state index contributed by atoms with van der Waals surface area (Å²) >= 11 is 0. The van der Waals surface area contributed by atoms with Gasteiger partial charge in [-0.3, -0.25) is 4.79 Å². The Hall–Kier alpha value is -2.04. The zero-order chi connectivity index (χ0) is 14.7. The molecule has 1 aliphatic carbocycles. The summed E-state index contributed by atoms with van der Waals surface area (Å²) in [6.45, 7) is 0. The molecule has 1 aliphatic rings. The van der Waals surface area contributed by atoms with E-state index in [-0.39, 0.29) is 30.4 Å². The van der Waals surface area contributed by atoms with Gasteiger partial charge in [0, 0.05) is 12.3 Å². The van der Waals surface area contributed by atoms with E-state index in [1.165, 1.54) is 6.07 Å². The third kappa shape index (κ3) is 3.35. The first-order chi connectivity index (χ1) is 10.2. The maximum absolute atomic E-state index is 13.6. The normalized spacial score (nSPS) is 15.5. The summed E-state index contributed by atoms with van der Waals surface area (Å²) in [5, 5.41) is 3.83. The molecule has 1 saturated carbocycles. The number of Topliss-reactive ketones (excluding diaryl/α,β-unsaturated/α-hetero) is 1. The van der Waals surface area contributed by atoms with Crippen molar-refractivity contribution in [1.29, 1.82) is 0 Å². The predicted molar refractivity (Wildman–Crippen MR) is 74.2 cm³/mol. The molecule has 4 nitrogen and oxygen atoms in total. The quantitative estimate of drug-likeness (QED) is 0.848. The van der Waals surface area contributed by atoms with E-state index in [2.05, 4.69) is 10.1 Å². The number of carbonyl (C=O) groups is 1. The highest BCUT2D eigenvalue weighted by atomic mass is 19.1. The van der Waals surface area contributed by atoms with Gasteiger partial charge in [-0.1, -0.05) is 36.2 Å². The van der Waals surface area contributed by atoms with Crippen LogP contribution in [0.15, 0.2) is 28.8 Å². The van der Waals surface area contributed by atoms with E-state index in [1.54, 1.807) is 18.2 Å². The number of aromatic nitrogens is 2. The molecule has 1 aromatic carbocycles. The number of rotatable bonds is 5. The van der Waals surface area contributed by atoms with Crippen LogP contribution in [0.25, 0.3) is 0 Å². The summed E-state index contributed by atoms with van der Waals surface area (Å²) in [5.41, 5.74) is 0.520. The lowest BCUT2D eigenvalue weighted by Crippen LogP contribution is -2.13. The lowest BCUT2D eigenvalue weighted by Gasteiger charge is -2.04. The van der Waals surface area contributed by atoms with Gasteiger partial charge in [-0.25, -0.2) is 4.39 Å². The molecule has 0 N–H and O–H groups in total. The van der Waals surface area contributed by atoms with E-state index in [1.807, 2.05) is 0 Å². The van der Waals surface area contributed by atoms with E-state index in [0.29, 0.717) is 17.3 Å². The van der Waals surface area contributed by atoms with Crippen LogP contribution in [0.3, 0.4) is 0 Å². The van der Waals surface area contributed by atoms with Crippen LogP contribution in [0.4, 0.5) is 4.39 Å². The van der Waals surface area contributed by atoms with Gasteiger partial charge in [-0.2, -0.15) is 4.98 Å². The van der Waals surface area contributed by atoms with Gasteiger partial charge in [0.25, 0.3) is 0 Å². The number of halogens is 1. The van der Waals surface area contributed by atoms with Crippen molar-refractivity contribution in [3.8, 4) is 0 Å². The Bertz CT molecular complexity index is 633. The van der Waals surface area contributed by atoms with Gasteiger partial charge in [-0.05, 0) is 24.5 Å². The van der Waals surface area contributed by atoms with Crippen molar-refractivity contribution < 1.29 is 13.7 Å². The molecule has 21 heavy (non-hydrogen) atoms. The second kappa shape index (κ2) is 6.16. The fourth-order valence-corrected chi connectivity index (χ4v) is 2.79. The van der Waals surface area contributed by atoms with Crippen molar-refractivity contribution in [2.75, 3.05) is 0 Å². The Kier molecular flexibility index (Phi) is 4.08.